The minimum atomic E-state index is 0.777. The van der Waals surface area contributed by atoms with Crippen LogP contribution in [0.3, 0.4) is 0 Å². The number of rotatable bonds is 2. The second-order valence-electron chi connectivity index (χ2n) is 5.24. The summed E-state index contributed by atoms with van der Waals surface area (Å²) in [5.41, 5.74) is 19.1. The van der Waals surface area contributed by atoms with Crippen LogP contribution >= 0.6 is 0 Å². The van der Waals surface area contributed by atoms with Crippen molar-refractivity contribution < 1.29 is 0 Å². The molecule has 3 aromatic carbocycles. The van der Waals surface area contributed by atoms with E-state index in [4.69, 9.17) is 11.5 Å². The van der Waals surface area contributed by atoms with Gasteiger partial charge in [-0.3, -0.25) is 0 Å². The Morgan fingerprint density at radius 2 is 1.24 bits per heavy atom. The third-order valence-electron chi connectivity index (χ3n) is 3.73. The van der Waals surface area contributed by atoms with Crippen LogP contribution in [0.2, 0.25) is 0 Å². The molecular weight excluding hydrogens is 256 g/mol. The maximum Gasteiger partial charge on any atom is 0.0344 e. The van der Waals surface area contributed by atoms with Crippen molar-refractivity contribution in [3.05, 3.63) is 72.3 Å². The van der Waals surface area contributed by atoms with Crippen molar-refractivity contribution in [2.75, 3.05) is 11.5 Å². The van der Waals surface area contributed by atoms with E-state index >= 15 is 0 Å². The van der Waals surface area contributed by atoms with Gasteiger partial charge in [-0.25, -0.2) is 0 Å². The predicted molar refractivity (Wildman–Crippen MR) is 90.9 cm³/mol. The number of hydrogen-bond donors (Lipinski definition) is 2. The topological polar surface area (TPSA) is 52.0 Å². The lowest BCUT2D eigenvalue weighted by Crippen LogP contribution is -1.91. The van der Waals surface area contributed by atoms with Crippen LogP contribution in [0.15, 0.2) is 66.7 Å². The Bertz CT molecular complexity index is 774. The van der Waals surface area contributed by atoms with Crippen LogP contribution < -0.4 is 11.5 Å². The standard InChI is InChI=1S/C19H18N2/c1-13-12-15(8-11-19(13)21)18-5-3-2-4-17(18)14-6-9-16(20)10-7-14/h2-12H,20-21H2,1H3. The summed E-state index contributed by atoms with van der Waals surface area (Å²) in [6.07, 6.45) is 0. The van der Waals surface area contributed by atoms with Crippen molar-refractivity contribution in [2.45, 2.75) is 6.92 Å². The van der Waals surface area contributed by atoms with Crippen molar-refractivity contribution in [2.24, 2.45) is 0 Å². The van der Waals surface area contributed by atoms with E-state index in [1.165, 1.54) is 16.7 Å². The van der Waals surface area contributed by atoms with Gasteiger partial charge in [-0.1, -0.05) is 42.5 Å². The lowest BCUT2D eigenvalue weighted by atomic mass is 9.93. The number of nitrogens with two attached hydrogens (primary N) is 2. The molecule has 0 saturated carbocycles. The Kier molecular flexibility index (Phi) is 3.36. The molecule has 0 heterocycles. The summed E-state index contributed by atoms with van der Waals surface area (Å²) in [6.45, 7) is 2.03. The lowest BCUT2D eigenvalue weighted by Gasteiger charge is -2.12. The van der Waals surface area contributed by atoms with E-state index in [2.05, 4.69) is 48.5 Å². The molecule has 0 bridgehead atoms. The highest BCUT2D eigenvalue weighted by atomic mass is 14.5. The van der Waals surface area contributed by atoms with Crippen molar-refractivity contribution >= 4 is 11.4 Å². The van der Waals surface area contributed by atoms with Gasteiger partial charge in [0.15, 0.2) is 0 Å². The first kappa shape index (κ1) is 13.3. The van der Waals surface area contributed by atoms with Crippen LogP contribution in [0.1, 0.15) is 5.56 Å². The third-order valence-corrected chi connectivity index (χ3v) is 3.73. The summed E-state index contributed by atoms with van der Waals surface area (Å²) >= 11 is 0. The van der Waals surface area contributed by atoms with E-state index in [0.717, 1.165) is 22.5 Å². The molecule has 0 aliphatic heterocycles. The molecule has 0 fully saturated rings. The fourth-order valence-electron chi connectivity index (χ4n) is 2.49. The maximum atomic E-state index is 5.92. The zero-order chi connectivity index (χ0) is 14.8. The first-order valence-electron chi connectivity index (χ1n) is 6.96. The Labute approximate surface area is 125 Å². The van der Waals surface area contributed by atoms with Gasteiger partial charge in [-0.2, -0.15) is 0 Å². The second kappa shape index (κ2) is 5.33. The van der Waals surface area contributed by atoms with Gasteiger partial charge in [0, 0.05) is 11.4 Å². The van der Waals surface area contributed by atoms with Gasteiger partial charge in [-0.15, -0.1) is 0 Å². The van der Waals surface area contributed by atoms with E-state index in [1.54, 1.807) is 0 Å². The smallest absolute Gasteiger partial charge is 0.0344 e. The zero-order valence-corrected chi connectivity index (χ0v) is 12.0. The molecule has 0 spiro atoms. The van der Waals surface area contributed by atoms with Crippen LogP contribution in [0.4, 0.5) is 11.4 Å². The van der Waals surface area contributed by atoms with Gasteiger partial charge in [0.05, 0.1) is 0 Å². The molecule has 3 rings (SSSR count). The molecule has 0 aliphatic carbocycles. The van der Waals surface area contributed by atoms with Crippen LogP contribution in [-0.2, 0) is 0 Å². The molecule has 0 radical (unpaired) electrons. The van der Waals surface area contributed by atoms with Gasteiger partial charge in [0.1, 0.15) is 0 Å². The average Bonchev–Trinajstić information content (AvgIpc) is 2.51. The number of benzene rings is 3. The van der Waals surface area contributed by atoms with E-state index in [-0.39, 0.29) is 0 Å². The zero-order valence-electron chi connectivity index (χ0n) is 12.0. The lowest BCUT2D eigenvalue weighted by molar-refractivity contribution is 1.46. The van der Waals surface area contributed by atoms with E-state index in [1.807, 2.05) is 25.1 Å². The van der Waals surface area contributed by atoms with Crippen LogP contribution in [0.5, 0.6) is 0 Å². The molecule has 0 saturated heterocycles. The molecule has 21 heavy (non-hydrogen) atoms. The summed E-state index contributed by atoms with van der Waals surface area (Å²) in [5.74, 6) is 0. The molecule has 3 aromatic rings. The second-order valence-corrected chi connectivity index (χ2v) is 5.24. The molecule has 0 aromatic heterocycles. The van der Waals surface area contributed by atoms with E-state index < -0.39 is 0 Å². The number of anilines is 2. The highest BCUT2D eigenvalue weighted by molar-refractivity contribution is 5.84. The minimum Gasteiger partial charge on any atom is -0.399 e. The first-order valence-corrected chi connectivity index (χ1v) is 6.96. The molecule has 2 nitrogen and oxygen atoms in total. The number of aryl methyl sites for hydroxylation is 1. The third kappa shape index (κ3) is 2.61. The van der Waals surface area contributed by atoms with Gasteiger partial charge in [0.2, 0.25) is 0 Å². The molecule has 0 amide bonds. The summed E-state index contributed by atoms with van der Waals surface area (Å²) in [6, 6.07) is 22.5. The van der Waals surface area contributed by atoms with Crippen LogP contribution in [0.25, 0.3) is 22.3 Å². The fourth-order valence-corrected chi connectivity index (χ4v) is 2.49. The summed E-state index contributed by atoms with van der Waals surface area (Å²) < 4.78 is 0. The molecule has 4 N–H and O–H groups in total. The van der Waals surface area contributed by atoms with Crippen LogP contribution in [-0.4, -0.2) is 0 Å². The van der Waals surface area contributed by atoms with E-state index in [0.29, 0.717) is 0 Å². The predicted octanol–water partition coefficient (Wildman–Crippen LogP) is 4.49. The van der Waals surface area contributed by atoms with Gasteiger partial charge in [0.25, 0.3) is 0 Å². The molecule has 2 heteroatoms. The summed E-state index contributed by atoms with van der Waals surface area (Å²) in [4.78, 5) is 0. The largest absolute Gasteiger partial charge is 0.399 e. The molecular formula is C19H18N2. The monoisotopic (exact) mass is 274 g/mol. The Morgan fingerprint density at radius 1 is 0.667 bits per heavy atom. The van der Waals surface area contributed by atoms with Crippen molar-refractivity contribution in [1.82, 2.24) is 0 Å². The fraction of sp³-hybridized carbons (Fsp3) is 0.0526. The minimum absolute atomic E-state index is 0.777. The quantitative estimate of drug-likeness (QED) is 0.676. The van der Waals surface area contributed by atoms with Gasteiger partial charge >= 0.3 is 0 Å². The van der Waals surface area contributed by atoms with Crippen molar-refractivity contribution in [3.63, 3.8) is 0 Å². The molecule has 0 unspecified atom stereocenters. The number of nitrogen functional groups attached to an aromatic ring is 2. The molecule has 0 atom stereocenters. The van der Waals surface area contributed by atoms with Gasteiger partial charge in [-0.05, 0) is 59.0 Å². The summed E-state index contributed by atoms with van der Waals surface area (Å²) in [7, 11) is 0. The van der Waals surface area contributed by atoms with Crippen molar-refractivity contribution in [1.29, 1.82) is 0 Å². The summed E-state index contributed by atoms with van der Waals surface area (Å²) in [5, 5.41) is 0. The SMILES string of the molecule is Cc1cc(-c2ccccc2-c2ccc(N)cc2)ccc1N. The Hall–Kier alpha value is -2.74. The number of hydrogen-bond acceptors (Lipinski definition) is 2. The Balaban J connectivity index is 2.15. The molecule has 104 valence electrons. The first-order chi connectivity index (χ1) is 10.1. The highest BCUT2D eigenvalue weighted by Crippen LogP contribution is 2.33. The average molecular weight is 274 g/mol. The molecule has 0 aliphatic rings. The maximum absolute atomic E-state index is 5.92. The van der Waals surface area contributed by atoms with Crippen LogP contribution in [0, 0.1) is 6.92 Å². The normalized spacial score (nSPS) is 10.5. The highest BCUT2D eigenvalue weighted by Gasteiger charge is 2.07. The van der Waals surface area contributed by atoms with Crippen molar-refractivity contribution in [3.8, 4) is 22.3 Å². The van der Waals surface area contributed by atoms with Gasteiger partial charge < -0.3 is 11.5 Å². The van der Waals surface area contributed by atoms with E-state index in [9.17, 15) is 0 Å². The Morgan fingerprint density at radius 3 is 1.86 bits per heavy atom.